The molecule has 112 valence electrons. The van der Waals surface area contributed by atoms with Crippen molar-refractivity contribution in [2.75, 3.05) is 5.32 Å². The molecule has 1 unspecified atom stereocenters. The Morgan fingerprint density at radius 1 is 1.25 bits per heavy atom. The van der Waals surface area contributed by atoms with Gasteiger partial charge in [-0.2, -0.15) is 0 Å². The van der Waals surface area contributed by atoms with Crippen molar-refractivity contribution < 1.29 is 9.53 Å². The van der Waals surface area contributed by atoms with Crippen LogP contribution in [0.4, 0.5) is 5.69 Å². The van der Waals surface area contributed by atoms with Crippen molar-refractivity contribution in [3.8, 4) is 0 Å². The maximum atomic E-state index is 11.9. The van der Waals surface area contributed by atoms with Crippen LogP contribution in [0.5, 0.6) is 0 Å². The van der Waals surface area contributed by atoms with Crippen LogP contribution >= 0.6 is 0 Å². The van der Waals surface area contributed by atoms with E-state index in [4.69, 9.17) is 4.74 Å². The van der Waals surface area contributed by atoms with E-state index in [1.54, 1.807) is 0 Å². The molecule has 0 bridgehead atoms. The van der Waals surface area contributed by atoms with Crippen LogP contribution < -0.4 is 5.32 Å². The van der Waals surface area contributed by atoms with E-state index in [9.17, 15) is 4.79 Å². The molecule has 0 amide bonds. The summed E-state index contributed by atoms with van der Waals surface area (Å²) in [6.07, 6.45) is 3.52. The van der Waals surface area contributed by atoms with Gasteiger partial charge in [-0.3, -0.25) is 0 Å². The predicted molar refractivity (Wildman–Crippen MR) is 84.0 cm³/mol. The molecule has 0 saturated carbocycles. The summed E-state index contributed by atoms with van der Waals surface area (Å²) < 4.78 is 5.35. The number of hydrogen-bond donors (Lipinski definition) is 1. The van der Waals surface area contributed by atoms with E-state index in [0.717, 1.165) is 12.1 Å². The number of carbonyl (C=O) groups excluding carboxylic acids is 1. The van der Waals surface area contributed by atoms with Crippen molar-refractivity contribution in [2.24, 2.45) is 0 Å². The third-order valence-corrected chi connectivity index (χ3v) is 2.92. The molecule has 0 aliphatic rings. The van der Waals surface area contributed by atoms with Gasteiger partial charge in [-0.25, -0.2) is 4.79 Å². The van der Waals surface area contributed by atoms with Gasteiger partial charge in [0.2, 0.25) is 0 Å². The molecule has 0 spiro atoms. The third-order valence-electron chi connectivity index (χ3n) is 2.92. The molecule has 1 aromatic carbocycles. The summed E-state index contributed by atoms with van der Waals surface area (Å²) in [6, 6.07) is 7.91. The number of nitrogens with one attached hydrogen (secondary N) is 1. The first-order valence-corrected chi connectivity index (χ1v) is 7.40. The van der Waals surface area contributed by atoms with Crippen LogP contribution in [-0.2, 0) is 16.0 Å². The van der Waals surface area contributed by atoms with E-state index in [1.807, 2.05) is 39.8 Å². The zero-order valence-electron chi connectivity index (χ0n) is 13.3. The number of unbranched alkanes of at least 4 members (excludes halogenated alkanes) is 1. The smallest absolute Gasteiger partial charge is 0.328 e. The molecule has 0 saturated heterocycles. The van der Waals surface area contributed by atoms with Crippen molar-refractivity contribution in [3.05, 3.63) is 29.8 Å². The fourth-order valence-corrected chi connectivity index (χ4v) is 1.85. The molecule has 0 heterocycles. The maximum absolute atomic E-state index is 11.9. The molecule has 0 radical (unpaired) electrons. The van der Waals surface area contributed by atoms with Gasteiger partial charge < -0.3 is 10.1 Å². The quantitative estimate of drug-likeness (QED) is 0.793. The zero-order chi connectivity index (χ0) is 15.2. The Bertz CT molecular complexity index is 418. The highest BCUT2D eigenvalue weighted by atomic mass is 16.6. The van der Waals surface area contributed by atoms with Gasteiger partial charge in [0.25, 0.3) is 0 Å². The van der Waals surface area contributed by atoms with E-state index in [0.29, 0.717) is 0 Å². The normalized spacial score (nSPS) is 12.8. The molecule has 0 fully saturated rings. The number of aryl methyl sites for hydroxylation is 1. The van der Waals surface area contributed by atoms with Crippen LogP contribution in [0.2, 0.25) is 0 Å². The van der Waals surface area contributed by atoms with Crippen molar-refractivity contribution in [1.29, 1.82) is 0 Å². The van der Waals surface area contributed by atoms with Crippen LogP contribution in [0.25, 0.3) is 0 Å². The number of carbonyl (C=O) groups is 1. The molecule has 1 atom stereocenters. The van der Waals surface area contributed by atoms with Crippen LogP contribution in [-0.4, -0.2) is 17.6 Å². The van der Waals surface area contributed by atoms with Crippen molar-refractivity contribution >= 4 is 11.7 Å². The fourth-order valence-electron chi connectivity index (χ4n) is 1.85. The van der Waals surface area contributed by atoms with Gasteiger partial charge >= 0.3 is 5.97 Å². The molecular formula is C17H27NO2. The fraction of sp³-hybridized carbons (Fsp3) is 0.588. The van der Waals surface area contributed by atoms with E-state index < -0.39 is 5.60 Å². The van der Waals surface area contributed by atoms with Crippen molar-refractivity contribution in [1.82, 2.24) is 0 Å². The second-order valence-corrected chi connectivity index (χ2v) is 6.20. The van der Waals surface area contributed by atoms with Gasteiger partial charge in [0.1, 0.15) is 11.6 Å². The summed E-state index contributed by atoms with van der Waals surface area (Å²) in [6.45, 7) is 9.64. The summed E-state index contributed by atoms with van der Waals surface area (Å²) in [5.41, 5.74) is 1.84. The summed E-state index contributed by atoms with van der Waals surface area (Å²) in [4.78, 5) is 11.9. The van der Waals surface area contributed by atoms with E-state index >= 15 is 0 Å². The largest absolute Gasteiger partial charge is 0.458 e. The third kappa shape index (κ3) is 6.09. The van der Waals surface area contributed by atoms with Gasteiger partial charge in [-0.15, -0.1) is 0 Å². The Kier molecular flexibility index (Phi) is 6.05. The van der Waals surface area contributed by atoms with E-state index in [1.165, 1.54) is 18.4 Å². The summed E-state index contributed by atoms with van der Waals surface area (Å²) in [7, 11) is 0. The standard InChI is InChI=1S/C17H27NO2/c1-6-7-8-14-9-11-15(12-10-14)18-13(2)16(19)20-17(3,4)5/h9-13,18H,6-8H2,1-5H3. The van der Waals surface area contributed by atoms with Gasteiger partial charge in [-0.1, -0.05) is 25.5 Å². The zero-order valence-corrected chi connectivity index (χ0v) is 13.3. The lowest BCUT2D eigenvalue weighted by molar-refractivity contribution is -0.155. The minimum atomic E-state index is -0.447. The summed E-state index contributed by atoms with van der Waals surface area (Å²) in [5, 5.41) is 3.17. The SMILES string of the molecule is CCCCc1ccc(NC(C)C(=O)OC(C)(C)C)cc1. The number of esters is 1. The molecule has 0 aromatic heterocycles. The first kappa shape index (κ1) is 16.5. The van der Waals surface area contributed by atoms with Crippen molar-refractivity contribution in [2.45, 2.75) is 65.5 Å². The average molecular weight is 277 g/mol. The van der Waals surface area contributed by atoms with Crippen molar-refractivity contribution in [3.63, 3.8) is 0 Å². The highest BCUT2D eigenvalue weighted by Gasteiger charge is 2.21. The number of anilines is 1. The predicted octanol–water partition coefficient (Wildman–Crippen LogP) is 4.17. The molecule has 1 rings (SSSR count). The Labute approximate surface area is 122 Å². The highest BCUT2D eigenvalue weighted by Crippen LogP contribution is 2.14. The molecule has 20 heavy (non-hydrogen) atoms. The van der Waals surface area contributed by atoms with Gasteiger partial charge in [-0.05, 0) is 58.2 Å². The van der Waals surface area contributed by atoms with Gasteiger partial charge in [0, 0.05) is 5.69 Å². The maximum Gasteiger partial charge on any atom is 0.328 e. The minimum Gasteiger partial charge on any atom is -0.458 e. The lowest BCUT2D eigenvalue weighted by atomic mass is 10.1. The van der Waals surface area contributed by atoms with Crippen LogP contribution in [0.15, 0.2) is 24.3 Å². The Hall–Kier alpha value is -1.51. The lowest BCUT2D eigenvalue weighted by Crippen LogP contribution is -2.34. The van der Waals surface area contributed by atoms with Crippen LogP contribution in [0.3, 0.4) is 0 Å². The average Bonchev–Trinajstić information content (AvgIpc) is 2.36. The van der Waals surface area contributed by atoms with E-state index in [2.05, 4.69) is 24.4 Å². The molecule has 3 nitrogen and oxygen atoms in total. The van der Waals surface area contributed by atoms with Gasteiger partial charge in [0.05, 0.1) is 0 Å². The Balaban J connectivity index is 2.53. The second kappa shape index (κ2) is 7.32. The second-order valence-electron chi connectivity index (χ2n) is 6.20. The highest BCUT2D eigenvalue weighted by molar-refractivity contribution is 5.79. The van der Waals surface area contributed by atoms with E-state index in [-0.39, 0.29) is 12.0 Å². The van der Waals surface area contributed by atoms with Crippen LogP contribution in [0, 0.1) is 0 Å². The lowest BCUT2D eigenvalue weighted by Gasteiger charge is -2.23. The number of benzene rings is 1. The molecule has 0 aliphatic carbocycles. The monoisotopic (exact) mass is 277 g/mol. The molecule has 1 aromatic rings. The molecule has 1 N–H and O–H groups in total. The first-order valence-electron chi connectivity index (χ1n) is 7.40. The molecular weight excluding hydrogens is 250 g/mol. The minimum absolute atomic E-state index is 0.229. The number of hydrogen-bond acceptors (Lipinski definition) is 3. The Morgan fingerprint density at radius 2 is 1.85 bits per heavy atom. The van der Waals surface area contributed by atoms with Gasteiger partial charge in [0.15, 0.2) is 0 Å². The molecule has 3 heteroatoms. The Morgan fingerprint density at radius 3 is 2.35 bits per heavy atom. The summed E-state index contributed by atoms with van der Waals surface area (Å²) in [5.74, 6) is -0.229. The van der Waals surface area contributed by atoms with Crippen LogP contribution in [0.1, 0.15) is 53.0 Å². The molecule has 0 aliphatic heterocycles. The number of ether oxygens (including phenoxy) is 1. The summed E-state index contributed by atoms with van der Waals surface area (Å²) >= 11 is 0. The topological polar surface area (TPSA) is 38.3 Å². The first-order chi connectivity index (χ1) is 9.31. The number of rotatable bonds is 6.